The zero-order chi connectivity index (χ0) is 12.4. The molecule has 1 aromatic rings. The molecule has 4 nitrogen and oxygen atoms in total. The van der Waals surface area contributed by atoms with E-state index in [9.17, 15) is 0 Å². The number of hydrogen-bond acceptors (Lipinski definition) is 4. The van der Waals surface area contributed by atoms with Gasteiger partial charge in [0.05, 0.1) is 0 Å². The first-order valence-corrected chi connectivity index (χ1v) is 6.38. The summed E-state index contributed by atoms with van der Waals surface area (Å²) >= 11 is 4.94. The van der Waals surface area contributed by atoms with Gasteiger partial charge in [0.15, 0.2) is 0 Å². The lowest BCUT2D eigenvalue weighted by Gasteiger charge is -2.36. The molecule has 0 bridgehead atoms. The Morgan fingerprint density at radius 1 is 1.47 bits per heavy atom. The van der Waals surface area contributed by atoms with E-state index in [1.807, 2.05) is 0 Å². The molecule has 0 aliphatic carbocycles. The molecule has 92 valence electrons. The minimum atomic E-state index is 0.325. The number of aromatic nitrogens is 2. The predicted molar refractivity (Wildman–Crippen MR) is 73.1 cm³/mol. The number of thiocarbonyl (C=S) groups is 1. The Hall–Kier alpha value is -1.23. The second-order valence-corrected chi connectivity index (χ2v) is 5.23. The van der Waals surface area contributed by atoms with Gasteiger partial charge in [-0.15, -0.1) is 0 Å². The quantitative estimate of drug-likeness (QED) is 0.810. The summed E-state index contributed by atoms with van der Waals surface area (Å²) in [5.41, 5.74) is 6.25. The van der Waals surface area contributed by atoms with Crippen LogP contribution in [0.25, 0.3) is 0 Å². The SMILES string of the molecule is CC1CCC(C)N(c2nccc(C(N)=S)n2)C1. The van der Waals surface area contributed by atoms with Crippen molar-refractivity contribution >= 4 is 23.2 Å². The van der Waals surface area contributed by atoms with Crippen molar-refractivity contribution < 1.29 is 0 Å². The molecule has 2 unspecified atom stereocenters. The van der Waals surface area contributed by atoms with E-state index in [2.05, 4.69) is 28.7 Å². The summed E-state index contributed by atoms with van der Waals surface area (Å²) in [5, 5.41) is 0. The number of piperidine rings is 1. The van der Waals surface area contributed by atoms with E-state index in [1.165, 1.54) is 12.8 Å². The fourth-order valence-electron chi connectivity index (χ4n) is 2.19. The molecule has 2 N–H and O–H groups in total. The fraction of sp³-hybridized carbons (Fsp3) is 0.583. The predicted octanol–water partition coefficient (Wildman–Crippen LogP) is 1.74. The molecule has 1 aliphatic heterocycles. The highest BCUT2D eigenvalue weighted by Crippen LogP contribution is 2.24. The van der Waals surface area contributed by atoms with Gasteiger partial charge in [0.25, 0.3) is 0 Å². The van der Waals surface area contributed by atoms with Crippen molar-refractivity contribution in [1.82, 2.24) is 9.97 Å². The smallest absolute Gasteiger partial charge is 0.226 e. The Bertz CT molecular complexity index is 421. The van der Waals surface area contributed by atoms with Gasteiger partial charge in [-0.05, 0) is 31.7 Å². The van der Waals surface area contributed by atoms with Crippen LogP contribution in [0.4, 0.5) is 5.95 Å². The first-order chi connectivity index (χ1) is 8.08. The van der Waals surface area contributed by atoms with E-state index in [0.717, 1.165) is 12.5 Å². The lowest BCUT2D eigenvalue weighted by molar-refractivity contribution is 0.385. The normalized spacial score (nSPS) is 24.7. The van der Waals surface area contributed by atoms with E-state index in [1.54, 1.807) is 12.3 Å². The Labute approximate surface area is 107 Å². The summed E-state index contributed by atoms with van der Waals surface area (Å²) in [6, 6.07) is 2.23. The summed E-state index contributed by atoms with van der Waals surface area (Å²) in [7, 11) is 0. The van der Waals surface area contributed by atoms with Crippen LogP contribution in [0.3, 0.4) is 0 Å². The van der Waals surface area contributed by atoms with Crippen LogP contribution in [-0.2, 0) is 0 Å². The molecule has 1 aliphatic rings. The Balaban J connectivity index is 2.26. The van der Waals surface area contributed by atoms with Crippen molar-refractivity contribution in [1.29, 1.82) is 0 Å². The number of nitrogens with zero attached hydrogens (tertiary/aromatic N) is 3. The Morgan fingerprint density at radius 2 is 2.24 bits per heavy atom. The van der Waals surface area contributed by atoms with Gasteiger partial charge in [-0.2, -0.15) is 0 Å². The topological polar surface area (TPSA) is 55.0 Å². The van der Waals surface area contributed by atoms with Crippen LogP contribution >= 0.6 is 12.2 Å². The zero-order valence-electron chi connectivity index (χ0n) is 10.3. The van der Waals surface area contributed by atoms with Crippen molar-refractivity contribution in [2.75, 3.05) is 11.4 Å². The molecule has 1 fully saturated rings. The van der Waals surface area contributed by atoms with Gasteiger partial charge in [0.1, 0.15) is 10.7 Å². The van der Waals surface area contributed by atoms with E-state index in [4.69, 9.17) is 18.0 Å². The number of rotatable bonds is 2. The second kappa shape index (κ2) is 4.96. The number of anilines is 1. The number of hydrogen-bond donors (Lipinski definition) is 1. The van der Waals surface area contributed by atoms with E-state index < -0.39 is 0 Å². The van der Waals surface area contributed by atoms with Crippen LogP contribution in [0.2, 0.25) is 0 Å². The highest BCUT2D eigenvalue weighted by molar-refractivity contribution is 7.80. The second-order valence-electron chi connectivity index (χ2n) is 4.79. The van der Waals surface area contributed by atoms with Gasteiger partial charge in [0.2, 0.25) is 5.95 Å². The highest BCUT2D eigenvalue weighted by Gasteiger charge is 2.24. The highest BCUT2D eigenvalue weighted by atomic mass is 32.1. The molecule has 0 aromatic carbocycles. The summed E-state index contributed by atoms with van der Waals surface area (Å²) < 4.78 is 0. The monoisotopic (exact) mass is 250 g/mol. The van der Waals surface area contributed by atoms with Crippen LogP contribution in [0.15, 0.2) is 12.3 Å². The van der Waals surface area contributed by atoms with Crippen molar-refractivity contribution in [3.8, 4) is 0 Å². The maximum atomic E-state index is 5.60. The van der Waals surface area contributed by atoms with Gasteiger partial charge in [-0.25, -0.2) is 9.97 Å². The van der Waals surface area contributed by atoms with Crippen molar-refractivity contribution in [2.45, 2.75) is 32.7 Å². The standard InChI is InChI=1S/C12H18N4S/c1-8-3-4-9(2)16(7-8)12-14-6-5-10(15-12)11(13)17/h5-6,8-9H,3-4,7H2,1-2H3,(H2,13,17). The molecule has 1 saturated heterocycles. The molecule has 5 heteroatoms. The molecular weight excluding hydrogens is 232 g/mol. The number of nitrogens with two attached hydrogens (primary N) is 1. The zero-order valence-corrected chi connectivity index (χ0v) is 11.1. The molecule has 1 aromatic heterocycles. The summed E-state index contributed by atoms with van der Waals surface area (Å²) in [6.07, 6.45) is 4.18. The van der Waals surface area contributed by atoms with Crippen molar-refractivity contribution in [3.63, 3.8) is 0 Å². The molecule has 0 spiro atoms. The summed E-state index contributed by atoms with van der Waals surface area (Å²) in [4.78, 5) is 11.3. The van der Waals surface area contributed by atoms with Gasteiger partial charge in [0, 0.05) is 18.8 Å². The maximum Gasteiger partial charge on any atom is 0.226 e. The average Bonchev–Trinajstić information content (AvgIpc) is 2.32. The third-order valence-corrected chi connectivity index (χ3v) is 3.48. The Morgan fingerprint density at radius 3 is 2.94 bits per heavy atom. The van der Waals surface area contributed by atoms with Gasteiger partial charge < -0.3 is 10.6 Å². The molecule has 0 radical (unpaired) electrons. The van der Waals surface area contributed by atoms with Crippen molar-refractivity contribution in [2.24, 2.45) is 11.7 Å². The largest absolute Gasteiger partial charge is 0.388 e. The lowest BCUT2D eigenvalue weighted by atomic mass is 9.95. The molecule has 2 rings (SSSR count). The maximum absolute atomic E-state index is 5.60. The summed E-state index contributed by atoms with van der Waals surface area (Å²) in [6.45, 7) is 5.47. The molecular formula is C12H18N4S. The van der Waals surface area contributed by atoms with E-state index in [0.29, 0.717) is 22.6 Å². The third-order valence-electron chi connectivity index (χ3n) is 3.27. The molecule has 0 saturated carbocycles. The van der Waals surface area contributed by atoms with Gasteiger partial charge in [-0.1, -0.05) is 19.1 Å². The van der Waals surface area contributed by atoms with Crippen molar-refractivity contribution in [3.05, 3.63) is 18.0 Å². The third kappa shape index (κ3) is 2.72. The van der Waals surface area contributed by atoms with E-state index in [-0.39, 0.29) is 0 Å². The molecule has 2 heterocycles. The summed E-state index contributed by atoms with van der Waals surface area (Å²) in [5.74, 6) is 1.43. The van der Waals surface area contributed by atoms with Crippen LogP contribution < -0.4 is 10.6 Å². The molecule has 17 heavy (non-hydrogen) atoms. The van der Waals surface area contributed by atoms with Crippen LogP contribution in [0, 0.1) is 5.92 Å². The van der Waals surface area contributed by atoms with Gasteiger partial charge in [-0.3, -0.25) is 0 Å². The average molecular weight is 250 g/mol. The lowest BCUT2D eigenvalue weighted by Crippen LogP contribution is -2.42. The first kappa shape index (κ1) is 12.2. The van der Waals surface area contributed by atoms with Gasteiger partial charge >= 0.3 is 0 Å². The van der Waals surface area contributed by atoms with E-state index >= 15 is 0 Å². The minimum absolute atomic E-state index is 0.325. The molecule has 0 amide bonds. The van der Waals surface area contributed by atoms with Crippen LogP contribution in [0.5, 0.6) is 0 Å². The van der Waals surface area contributed by atoms with Crippen LogP contribution in [-0.4, -0.2) is 27.5 Å². The molecule has 2 atom stereocenters. The first-order valence-electron chi connectivity index (χ1n) is 5.97. The van der Waals surface area contributed by atoms with Crippen LogP contribution in [0.1, 0.15) is 32.4 Å². The minimum Gasteiger partial charge on any atom is -0.388 e. The fourth-order valence-corrected chi connectivity index (χ4v) is 2.31. The Kier molecular flexibility index (Phi) is 3.57.